The van der Waals surface area contributed by atoms with E-state index in [2.05, 4.69) is 58.8 Å². The van der Waals surface area contributed by atoms with Gasteiger partial charge in [0.25, 0.3) is 0 Å². The maximum atomic E-state index is 6.19. The maximum Gasteiger partial charge on any atom is 0.143 e. The van der Waals surface area contributed by atoms with E-state index in [0.717, 1.165) is 14.6 Å². The third-order valence-corrected chi connectivity index (χ3v) is 3.81. The number of rotatable bonds is 1. The molecule has 0 spiro atoms. The van der Waals surface area contributed by atoms with Gasteiger partial charge in [0.05, 0.1) is 10.5 Å². The Morgan fingerprint density at radius 2 is 2.00 bits per heavy atom. The third-order valence-electron chi connectivity index (χ3n) is 2.35. The number of hydrogen-bond acceptors (Lipinski definition) is 2. The topological polar surface area (TPSA) is 25.8 Å². The molecule has 2 aromatic rings. The molecule has 0 aliphatic heterocycles. The SMILES string of the molecule is CC(C)c1ccc2nnc(I)c(Cl)c2c1. The molecule has 78 valence electrons. The van der Waals surface area contributed by atoms with Crippen LogP contribution in [-0.2, 0) is 0 Å². The first-order valence-corrected chi connectivity index (χ1v) is 6.16. The van der Waals surface area contributed by atoms with E-state index in [1.54, 1.807) is 0 Å². The Kier molecular flexibility index (Phi) is 3.11. The first-order chi connectivity index (χ1) is 7.09. The monoisotopic (exact) mass is 332 g/mol. The van der Waals surface area contributed by atoms with E-state index in [9.17, 15) is 0 Å². The van der Waals surface area contributed by atoms with E-state index in [-0.39, 0.29) is 0 Å². The second-order valence-corrected chi connectivity index (χ2v) is 5.14. The van der Waals surface area contributed by atoms with Crippen molar-refractivity contribution in [1.82, 2.24) is 10.2 Å². The molecule has 0 saturated carbocycles. The van der Waals surface area contributed by atoms with Gasteiger partial charge in [-0.3, -0.25) is 0 Å². The fraction of sp³-hybridized carbons (Fsp3) is 0.273. The van der Waals surface area contributed by atoms with Crippen LogP contribution >= 0.6 is 34.2 Å². The molecule has 0 unspecified atom stereocenters. The predicted molar refractivity (Wildman–Crippen MR) is 71.4 cm³/mol. The largest absolute Gasteiger partial charge is 0.149 e. The lowest BCUT2D eigenvalue weighted by molar-refractivity contribution is 0.868. The number of aromatic nitrogens is 2. The van der Waals surface area contributed by atoms with Crippen molar-refractivity contribution in [3.63, 3.8) is 0 Å². The molecule has 0 atom stereocenters. The van der Waals surface area contributed by atoms with Gasteiger partial charge in [0.15, 0.2) is 0 Å². The molecule has 15 heavy (non-hydrogen) atoms. The maximum absolute atomic E-state index is 6.19. The van der Waals surface area contributed by atoms with Gasteiger partial charge in [-0.05, 0) is 46.2 Å². The molecule has 0 fully saturated rings. The van der Waals surface area contributed by atoms with E-state index in [1.807, 2.05) is 6.07 Å². The van der Waals surface area contributed by atoms with Gasteiger partial charge in [0.1, 0.15) is 3.70 Å². The molecule has 2 rings (SSSR count). The number of benzene rings is 1. The van der Waals surface area contributed by atoms with E-state index < -0.39 is 0 Å². The highest BCUT2D eigenvalue weighted by Crippen LogP contribution is 2.27. The Hall–Kier alpha value is -0.420. The van der Waals surface area contributed by atoms with Gasteiger partial charge in [-0.15, -0.1) is 10.2 Å². The average molecular weight is 333 g/mol. The summed E-state index contributed by atoms with van der Waals surface area (Å²) in [5.41, 5.74) is 2.12. The van der Waals surface area contributed by atoms with Gasteiger partial charge in [-0.2, -0.15) is 0 Å². The van der Waals surface area contributed by atoms with Crippen LogP contribution in [0.5, 0.6) is 0 Å². The summed E-state index contributed by atoms with van der Waals surface area (Å²) in [5, 5.41) is 9.77. The van der Waals surface area contributed by atoms with Crippen LogP contribution in [0.3, 0.4) is 0 Å². The zero-order valence-corrected chi connectivity index (χ0v) is 11.4. The molecule has 0 bridgehead atoms. The molecule has 0 aliphatic carbocycles. The van der Waals surface area contributed by atoms with Crippen molar-refractivity contribution in [1.29, 1.82) is 0 Å². The summed E-state index contributed by atoms with van der Waals surface area (Å²) in [5.74, 6) is 0.497. The first-order valence-electron chi connectivity index (χ1n) is 4.71. The van der Waals surface area contributed by atoms with Crippen LogP contribution in [0.2, 0.25) is 5.02 Å². The van der Waals surface area contributed by atoms with Crippen LogP contribution < -0.4 is 0 Å². The Morgan fingerprint density at radius 3 is 2.67 bits per heavy atom. The minimum absolute atomic E-state index is 0.497. The van der Waals surface area contributed by atoms with Crippen LogP contribution in [0, 0.1) is 3.70 Å². The van der Waals surface area contributed by atoms with Crippen molar-refractivity contribution < 1.29 is 0 Å². The van der Waals surface area contributed by atoms with Crippen molar-refractivity contribution in [2.24, 2.45) is 0 Å². The molecule has 0 amide bonds. The molecule has 1 heterocycles. The standard InChI is InChI=1S/C11H10ClIN2/c1-6(2)7-3-4-9-8(5-7)10(12)11(13)15-14-9/h3-6H,1-2H3. The van der Waals surface area contributed by atoms with Crippen LogP contribution in [0.1, 0.15) is 25.3 Å². The average Bonchev–Trinajstić information content (AvgIpc) is 2.23. The Bertz CT molecular complexity index is 511. The van der Waals surface area contributed by atoms with Crippen molar-refractivity contribution in [2.75, 3.05) is 0 Å². The van der Waals surface area contributed by atoms with Gasteiger partial charge >= 0.3 is 0 Å². The smallest absolute Gasteiger partial charge is 0.143 e. The summed E-state index contributed by atoms with van der Waals surface area (Å²) in [6.45, 7) is 4.32. The highest BCUT2D eigenvalue weighted by Gasteiger charge is 2.08. The Balaban J connectivity index is 2.73. The molecule has 1 aromatic carbocycles. The van der Waals surface area contributed by atoms with E-state index in [0.29, 0.717) is 10.9 Å². The molecule has 4 heteroatoms. The molecule has 0 saturated heterocycles. The minimum atomic E-state index is 0.497. The van der Waals surface area contributed by atoms with E-state index in [1.165, 1.54) is 5.56 Å². The van der Waals surface area contributed by atoms with Crippen molar-refractivity contribution in [3.05, 3.63) is 32.5 Å². The van der Waals surface area contributed by atoms with Gasteiger partial charge in [0.2, 0.25) is 0 Å². The molecule has 0 N–H and O–H groups in total. The van der Waals surface area contributed by atoms with Crippen LogP contribution in [0.25, 0.3) is 10.9 Å². The van der Waals surface area contributed by atoms with Gasteiger partial charge < -0.3 is 0 Å². The highest BCUT2D eigenvalue weighted by molar-refractivity contribution is 14.1. The molecule has 0 aliphatic rings. The summed E-state index contributed by atoms with van der Waals surface area (Å²) < 4.78 is 0.752. The summed E-state index contributed by atoms with van der Waals surface area (Å²) in [6.07, 6.45) is 0. The molecular formula is C11H10ClIN2. The number of halogens is 2. The fourth-order valence-electron chi connectivity index (χ4n) is 1.43. The zero-order valence-electron chi connectivity index (χ0n) is 8.46. The summed E-state index contributed by atoms with van der Waals surface area (Å²) >= 11 is 8.29. The third kappa shape index (κ3) is 2.08. The normalized spacial score (nSPS) is 11.3. The van der Waals surface area contributed by atoms with Gasteiger partial charge in [0, 0.05) is 5.39 Å². The van der Waals surface area contributed by atoms with Crippen LogP contribution in [-0.4, -0.2) is 10.2 Å². The van der Waals surface area contributed by atoms with E-state index >= 15 is 0 Å². The molecule has 0 radical (unpaired) electrons. The highest BCUT2D eigenvalue weighted by atomic mass is 127. The van der Waals surface area contributed by atoms with Gasteiger partial charge in [-0.1, -0.05) is 31.5 Å². The van der Waals surface area contributed by atoms with Crippen molar-refractivity contribution >= 4 is 45.1 Å². The lowest BCUT2D eigenvalue weighted by Crippen LogP contribution is -1.93. The first kappa shape index (κ1) is 11.1. The number of hydrogen-bond donors (Lipinski definition) is 0. The second-order valence-electron chi connectivity index (χ2n) is 3.74. The minimum Gasteiger partial charge on any atom is -0.149 e. The zero-order chi connectivity index (χ0) is 11.0. The molecule has 1 aromatic heterocycles. The quantitative estimate of drug-likeness (QED) is 0.737. The summed E-state index contributed by atoms with van der Waals surface area (Å²) in [6, 6.07) is 6.14. The summed E-state index contributed by atoms with van der Waals surface area (Å²) in [7, 11) is 0. The summed E-state index contributed by atoms with van der Waals surface area (Å²) in [4.78, 5) is 0. The van der Waals surface area contributed by atoms with Gasteiger partial charge in [-0.25, -0.2) is 0 Å². The Morgan fingerprint density at radius 1 is 1.27 bits per heavy atom. The predicted octanol–water partition coefficient (Wildman–Crippen LogP) is 4.01. The van der Waals surface area contributed by atoms with Crippen molar-refractivity contribution in [3.8, 4) is 0 Å². The molecule has 2 nitrogen and oxygen atoms in total. The van der Waals surface area contributed by atoms with Crippen LogP contribution in [0.4, 0.5) is 0 Å². The fourth-order valence-corrected chi connectivity index (χ4v) is 2.02. The molecular weight excluding hydrogens is 322 g/mol. The second kappa shape index (κ2) is 4.22. The lowest BCUT2D eigenvalue weighted by Gasteiger charge is -2.07. The lowest BCUT2D eigenvalue weighted by atomic mass is 10.0. The van der Waals surface area contributed by atoms with Crippen LogP contribution in [0.15, 0.2) is 18.2 Å². The number of fused-ring (bicyclic) bond motifs is 1. The van der Waals surface area contributed by atoms with Crippen molar-refractivity contribution in [2.45, 2.75) is 19.8 Å². The Labute approximate surface area is 107 Å². The van der Waals surface area contributed by atoms with E-state index in [4.69, 9.17) is 11.6 Å². The number of nitrogens with zero attached hydrogens (tertiary/aromatic N) is 2.